The summed E-state index contributed by atoms with van der Waals surface area (Å²) in [5, 5.41) is 2.65. The molecule has 3 rings (SSSR count). The molecule has 0 radical (unpaired) electrons. The fourth-order valence-corrected chi connectivity index (χ4v) is 4.06. The predicted octanol–water partition coefficient (Wildman–Crippen LogP) is 2.66. The van der Waals surface area contributed by atoms with Crippen molar-refractivity contribution in [1.82, 2.24) is 9.71 Å². The quantitative estimate of drug-likeness (QED) is 0.713. The number of hydrogen-bond acceptors (Lipinski definition) is 5. The number of sulfonamides is 1. The Morgan fingerprint density at radius 2 is 1.83 bits per heavy atom. The van der Waals surface area contributed by atoms with Crippen LogP contribution in [0.1, 0.15) is 25.7 Å². The number of carbonyl (C=O) groups is 1. The molecular weight excluding hydrogens is 402 g/mol. The summed E-state index contributed by atoms with van der Waals surface area (Å²) in [6.45, 7) is 1.75. The van der Waals surface area contributed by atoms with Gasteiger partial charge in [-0.1, -0.05) is 0 Å². The normalized spacial score (nSPS) is 14.6. The number of benzene rings is 1. The Bertz CT molecular complexity index is 962. The highest BCUT2D eigenvalue weighted by Gasteiger charge is 2.17. The number of hydrogen-bond donors (Lipinski definition) is 2. The summed E-state index contributed by atoms with van der Waals surface area (Å²) in [5.74, 6) is -1.93. The van der Waals surface area contributed by atoms with Gasteiger partial charge >= 0.3 is 0 Å². The molecule has 7 nitrogen and oxygen atoms in total. The summed E-state index contributed by atoms with van der Waals surface area (Å²) in [7, 11) is -4.04. The van der Waals surface area contributed by atoms with Gasteiger partial charge in [-0.05, 0) is 49.6 Å². The third-order valence-corrected chi connectivity index (χ3v) is 6.02. The highest BCUT2D eigenvalue weighted by atomic mass is 32.2. The van der Waals surface area contributed by atoms with Crippen LogP contribution in [0.15, 0.2) is 41.4 Å². The Balaban J connectivity index is 1.48. The van der Waals surface area contributed by atoms with E-state index < -0.39 is 32.5 Å². The van der Waals surface area contributed by atoms with Crippen LogP contribution in [0.2, 0.25) is 0 Å². The lowest BCUT2D eigenvalue weighted by Crippen LogP contribution is -2.30. The van der Waals surface area contributed by atoms with Crippen molar-refractivity contribution in [1.29, 1.82) is 0 Å². The second-order valence-corrected chi connectivity index (χ2v) is 8.49. The maximum atomic E-state index is 13.2. The van der Waals surface area contributed by atoms with E-state index in [-0.39, 0.29) is 13.0 Å². The van der Waals surface area contributed by atoms with Gasteiger partial charge in [-0.25, -0.2) is 26.9 Å². The lowest BCUT2D eigenvalue weighted by Gasteiger charge is -2.27. The zero-order valence-corrected chi connectivity index (χ0v) is 16.5. The number of amides is 1. The van der Waals surface area contributed by atoms with Gasteiger partial charge in [0.25, 0.3) is 0 Å². The molecule has 0 saturated carbocycles. The minimum Gasteiger partial charge on any atom is -0.357 e. The summed E-state index contributed by atoms with van der Waals surface area (Å²) in [6.07, 6.45) is 4.94. The summed E-state index contributed by atoms with van der Waals surface area (Å²) in [5.41, 5.74) is 0.513. The van der Waals surface area contributed by atoms with Crippen LogP contribution < -0.4 is 14.9 Å². The van der Waals surface area contributed by atoms with Crippen LogP contribution in [-0.4, -0.2) is 38.9 Å². The van der Waals surface area contributed by atoms with Gasteiger partial charge in [0.2, 0.25) is 15.9 Å². The fraction of sp³-hybridized carbons (Fsp3) is 0.368. The summed E-state index contributed by atoms with van der Waals surface area (Å²) < 4.78 is 52.5. The van der Waals surface area contributed by atoms with Crippen LogP contribution in [0.3, 0.4) is 0 Å². The molecule has 0 aliphatic carbocycles. The number of nitrogens with zero attached hydrogens (tertiary/aromatic N) is 2. The Morgan fingerprint density at radius 1 is 1.07 bits per heavy atom. The molecule has 1 aliphatic rings. The number of carbonyl (C=O) groups excluding carboxylic acids is 1. The summed E-state index contributed by atoms with van der Waals surface area (Å²) in [6, 6.07) is 5.87. The van der Waals surface area contributed by atoms with Crippen molar-refractivity contribution in [3.63, 3.8) is 0 Å². The van der Waals surface area contributed by atoms with Gasteiger partial charge in [-0.15, -0.1) is 0 Å². The molecule has 1 aromatic heterocycles. The number of halogens is 2. The fourth-order valence-electron chi connectivity index (χ4n) is 3.02. The molecule has 10 heteroatoms. The topological polar surface area (TPSA) is 91.4 Å². The third kappa shape index (κ3) is 5.70. The number of anilines is 2. The molecule has 29 heavy (non-hydrogen) atoms. The van der Waals surface area contributed by atoms with E-state index in [1.807, 2.05) is 6.07 Å². The molecule has 1 amide bonds. The van der Waals surface area contributed by atoms with Crippen LogP contribution in [0.4, 0.5) is 20.3 Å². The number of piperidine rings is 1. The standard InChI is InChI=1S/C19H22F2N4O3S/c20-16-6-5-15(12-17(16)21)29(27,28)23-9-8-19(26)24-14-4-7-18(22-13-14)25-10-2-1-3-11-25/h4-7,12-13,23H,1-3,8-11H2,(H,24,26). The second-order valence-electron chi connectivity index (χ2n) is 6.72. The molecule has 2 heterocycles. The van der Waals surface area contributed by atoms with Gasteiger partial charge in [-0.3, -0.25) is 4.79 Å². The first-order valence-corrected chi connectivity index (χ1v) is 10.8. The summed E-state index contributed by atoms with van der Waals surface area (Å²) in [4.78, 5) is 18.2. The van der Waals surface area contributed by atoms with Crippen LogP contribution in [0.25, 0.3) is 0 Å². The van der Waals surface area contributed by atoms with E-state index >= 15 is 0 Å². The molecule has 2 aromatic rings. The Hall–Kier alpha value is -2.59. The maximum absolute atomic E-state index is 13.2. The molecule has 156 valence electrons. The molecule has 0 unspecified atom stereocenters. The van der Waals surface area contributed by atoms with Crippen molar-refractivity contribution >= 4 is 27.4 Å². The van der Waals surface area contributed by atoms with E-state index in [1.165, 1.54) is 6.42 Å². The zero-order chi connectivity index (χ0) is 20.9. The van der Waals surface area contributed by atoms with Crippen LogP contribution >= 0.6 is 0 Å². The van der Waals surface area contributed by atoms with Crippen molar-refractivity contribution in [3.05, 3.63) is 48.2 Å². The van der Waals surface area contributed by atoms with E-state index in [0.717, 1.165) is 43.9 Å². The summed E-state index contributed by atoms with van der Waals surface area (Å²) >= 11 is 0. The average molecular weight is 424 g/mol. The van der Waals surface area contributed by atoms with Crippen molar-refractivity contribution in [3.8, 4) is 0 Å². The Morgan fingerprint density at radius 3 is 2.48 bits per heavy atom. The van der Waals surface area contributed by atoms with Gasteiger partial charge < -0.3 is 10.2 Å². The minimum absolute atomic E-state index is 0.128. The highest BCUT2D eigenvalue weighted by Crippen LogP contribution is 2.19. The molecule has 1 fully saturated rings. The van der Waals surface area contributed by atoms with E-state index in [2.05, 4.69) is 19.9 Å². The zero-order valence-electron chi connectivity index (χ0n) is 15.7. The van der Waals surface area contributed by atoms with Crippen LogP contribution in [-0.2, 0) is 14.8 Å². The van der Waals surface area contributed by atoms with Crippen LogP contribution in [0.5, 0.6) is 0 Å². The van der Waals surface area contributed by atoms with Gasteiger partial charge in [0.05, 0.1) is 16.8 Å². The van der Waals surface area contributed by atoms with Gasteiger partial charge in [0, 0.05) is 26.1 Å². The molecule has 2 N–H and O–H groups in total. The molecule has 0 atom stereocenters. The monoisotopic (exact) mass is 424 g/mol. The average Bonchev–Trinajstić information content (AvgIpc) is 2.71. The van der Waals surface area contributed by atoms with Crippen molar-refractivity contribution in [2.24, 2.45) is 0 Å². The second kappa shape index (κ2) is 9.27. The van der Waals surface area contributed by atoms with Crippen molar-refractivity contribution in [2.75, 3.05) is 29.9 Å². The molecule has 0 spiro atoms. The molecule has 1 saturated heterocycles. The lowest BCUT2D eigenvalue weighted by molar-refractivity contribution is -0.116. The first kappa shape index (κ1) is 21.1. The minimum atomic E-state index is -4.04. The third-order valence-electron chi connectivity index (χ3n) is 4.56. The van der Waals surface area contributed by atoms with E-state index in [1.54, 1.807) is 12.3 Å². The maximum Gasteiger partial charge on any atom is 0.240 e. The Kier molecular flexibility index (Phi) is 6.75. The van der Waals surface area contributed by atoms with Gasteiger partial charge in [-0.2, -0.15) is 0 Å². The van der Waals surface area contributed by atoms with Crippen molar-refractivity contribution < 1.29 is 22.0 Å². The van der Waals surface area contributed by atoms with Gasteiger partial charge in [0.15, 0.2) is 11.6 Å². The number of rotatable bonds is 7. The lowest BCUT2D eigenvalue weighted by atomic mass is 10.1. The first-order valence-electron chi connectivity index (χ1n) is 9.31. The molecular formula is C19H22F2N4O3S. The number of aromatic nitrogens is 1. The number of pyridine rings is 1. The first-order chi connectivity index (χ1) is 13.8. The van der Waals surface area contributed by atoms with E-state index in [0.29, 0.717) is 11.8 Å². The van der Waals surface area contributed by atoms with Gasteiger partial charge in [0.1, 0.15) is 5.82 Å². The molecule has 1 aromatic carbocycles. The predicted molar refractivity (Wildman–Crippen MR) is 105 cm³/mol. The van der Waals surface area contributed by atoms with Crippen molar-refractivity contribution in [2.45, 2.75) is 30.6 Å². The molecule has 0 bridgehead atoms. The molecule has 1 aliphatic heterocycles. The largest absolute Gasteiger partial charge is 0.357 e. The number of nitrogens with one attached hydrogen (secondary N) is 2. The Labute approximate surface area is 168 Å². The van der Waals surface area contributed by atoms with E-state index in [9.17, 15) is 22.0 Å². The highest BCUT2D eigenvalue weighted by molar-refractivity contribution is 7.89. The van der Waals surface area contributed by atoms with E-state index in [4.69, 9.17) is 0 Å². The van der Waals surface area contributed by atoms with Crippen LogP contribution in [0, 0.1) is 11.6 Å². The smallest absolute Gasteiger partial charge is 0.240 e. The SMILES string of the molecule is O=C(CCNS(=O)(=O)c1ccc(F)c(F)c1)Nc1ccc(N2CCCCC2)nc1.